The molecule has 7 heterocycles. The summed E-state index contributed by atoms with van der Waals surface area (Å²) in [5.74, 6) is 0.255. The lowest BCUT2D eigenvalue weighted by molar-refractivity contribution is -0.137. The molecule has 2 bridgehead atoms. The summed E-state index contributed by atoms with van der Waals surface area (Å²) in [5.41, 5.74) is 0.0186. The molecule has 0 aromatic carbocycles. The van der Waals surface area contributed by atoms with Gasteiger partial charge in [-0.05, 0) is 49.9 Å². The summed E-state index contributed by atoms with van der Waals surface area (Å²) in [6.07, 6.45) is 0.666. The molecule has 4 fully saturated rings. The molecule has 3 saturated heterocycles. The molecule has 3 aromatic rings. The van der Waals surface area contributed by atoms with E-state index in [9.17, 15) is 26.4 Å². The number of rotatable bonds is 6. The molecule has 0 radical (unpaired) electrons. The minimum Gasteiger partial charge on any atom is -0.377 e. The molecule has 11 nitrogen and oxygen atoms in total. The summed E-state index contributed by atoms with van der Waals surface area (Å²) in [7, 11) is -1.79. The number of amides is 1. The van der Waals surface area contributed by atoms with Crippen LogP contribution in [0.1, 0.15) is 46.0 Å². The Morgan fingerprint density at radius 1 is 1.04 bits per heavy atom. The molecule has 0 spiro atoms. The van der Waals surface area contributed by atoms with E-state index in [4.69, 9.17) is 9.72 Å². The first-order valence-electron chi connectivity index (χ1n) is 14.9. The number of thiophene rings is 1. The fourth-order valence-electron chi connectivity index (χ4n) is 6.74. The van der Waals surface area contributed by atoms with Crippen molar-refractivity contribution in [2.24, 2.45) is 0 Å². The van der Waals surface area contributed by atoms with Crippen molar-refractivity contribution in [2.45, 2.75) is 54.4 Å². The molecule has 0 unspecified atom stereocenters. The van der Waals surface area contributed by atoms with Crippen LogP contribution in [-0.4, -0.2) is 103 Å². The van der Waals surface area contributed by atoms with Gasteiger partial charge in [0.1, 0.15) is 16.3 Å². The molecule has 16 heteroatoms. The van der Waals surface area contributed by atoms with Gasteiger partial charge in [-0.3, -0.25) is 9.69 Å². The molecular weight excluding hydrogens is 631 g/mol. The van der Waals surface area contributed by atoms with Crippen molar-refractivity contribution >= 4 is 44.5 Å². The van der Waals surface area contributed by atoms with Gasteiger partial charge in [-0.25, -0.2) is 23.4 Å². The normalized spacial score (nSPS) is 24.9. The van der Waals surface area contributed by atoms with Crippen molar-refractivity contribution in [1.29, 1.82) is 0 Å². The Hall–Kier alpha value is -3.34. The second kappa shape index (κ2) is 10.3. The Morgan fingerprint density at radius 3 is 2.49 bits per heavy atom. The lowest BCUT2D eigenvalue weighted by Crippen LogP contribution is -2.52. The van der Waals surface area contributed by atoms with Gasteiger partial charge in [0.05, 0.1) is 52.4 Å². The molecule has 1 amide bonds. The van der Waals surface area contributed by atoms with Gasteiger partial charge in [0.25, 0.3) is 5.91 Å². The number of fused-ring (bicyclic) bond motifs is 3. The van der Waals surface area contributed by atoms with Crippen LogP contribution in [0.2, 0.25) is 0 Å². The van der Waals surface area contributed by atoms with E-state index in [1.807, 2.05) is 0 Å². The second-order valence-corrected chi connectivity index (χ2v) is 15.6. The first-order valence-corrected chi connectivity index (χ1v) is 17.4. The summed E-state index contributed by atoms with van der Waals surface area (Å²) < 4.78 is 74.2. The number of ether oxygens (including phenoxy) is 1. The molecule has 1 saturated carbocycles. The smallest absolute Gasteiger partial charge is 0.377 e. The highest BCUT2D eigenvalue weighted by Gasteiger charge is 2.43. The van der Waals surface area contributed by atoms with Crippen LogP contribution in [0, 0.1) is 0 Å². The highest BCUT2D eigenvalue weighted by molar-refractivity contribution is 7.91. The molecular formula is C29H30F3N7O4S2. The third-order valence-corrected chi connectivity index (χ3v) is 12.4. The molecule has 3 aromatic heterocycles. The Bertz CT molecular complexity index is 1810. The van der Waals surface area contributed by atoms with Crippen LogP contribution in [-0.2, 0) is 20.8 Å². The number of pyridine rings is 1. The SMILES string of the molecule is CN1C[C@H]2C[C@@H]1CN2c1cc(C2CC2)c(Nc2ncc(C(F)(F)F)c(-c3cc4c(s3)C(=O)N(C3COC3)CCS4(=O)=O)n2)cn1. The molecule has 4 aliphatic heterocycles. The van der Waals surface area contributed by atoms with Crippen LogP contribution in [0.3, 0.4) is 0 Å². The van der Waals surface area contributed by atoms with Crippen LogP contribution in [0.25, 0.3) is 10.6 Å². The molecule has 1 N–H and O–H groups in total. The number of carbonyl (C=O) groups excluding carboxylic acids is 1. The summed E-state index contributed by atoms with van der Waals surface area (Å²) in [6.45, 7) is 2.46. The Balaban J connectivity index is 1.15. The maximum absolute atomic E-state index is 14.2. The highest BCUT2D eigenvalue weighted by Crippen LogP contribution is 2.46. The molecule has 2 atom stereocenters. The molecule has 8 rings (SSSR count). The Morgan fingerprint density at radius 2 is 1.84 bits per heavy atom. The fraction of sp³-hybridized carbons (Fsp3) is 0.517. The van der Waals surface area contributed by atoms with E-state index in [0.29, 0.717) is 41.2 Å². The van der Waals surface area contributed by atoms with E-state index < -0.39 is 33.2 Å². The zero-order chi connectivity index (χ0) is 31.2. The van der Waals surface area contributed by atoms with Crippen molar-refractivity contribution in [2.75, 3.05) is 55.9 Å². The zero-order valence-corrected chi connectivity index (χ0v) is 25.9. The van der Waals surface area contributed by atoms with Crippen LogP contribution >= 0.6 is 11.3 Å². The van der Waals surface area contributed by atoms with E-state index in [1.54, 1.807) is 6.20 Å². The number of likely N-dealkylation sites (tertiary alicyclic amines) is 1. The van der Waals surface area contributed by atoms with Gasteiger partial charge in [0, 0.05) is 37.9 Å². The standard InChI is InChI=1S/C29H30F3N7O4S2/c1-37-11-17-6-16(37)12-39(17)24-7-19(15-2-3-15)21(10-33-24)35-28-34-9-20(29(30,31)32)25(36-28)22-8-23-26(44-22)27(40)38(18-13-43-14-18)4-5-45(23,41)42/h7-10,15-18H,2-6,11-14H2,1H3,(H,34,35,36)/t16-,17-/m1/s1. The quantitative estimate of drug-likeness (QED) is 0.418. The first kappa shape index (κ1) is 29.1. The van der Waals surface area contributed by atoms with Gasteiger partial charge in [-0.1, -0.05) is 0 Å². The van der Waals surface area contributed by atoms with Gasteiger partial charge in [0.2, 0.25) is 5.95 Å². The van der Waals surface area contributed by atoms with Gasteiger partial charge in [-0.15, -0.1) is 11.3 Å². The third-order valence-electron chi connectivity index (χ3n) is 9.47. The number of sulfone groups is 1. The number of alkyl halides is 3. The van der Waals surface area contributed by atoms with Crippen LogP contribution < -0.4 is 10.2 Å². The number of piperazine rings is 1. The van der Waals surface area contributed by atoms with E-state index in [0.717, 1.165) is 49.8 Å². The van der Waals surface area contributed by atoms with Gasteiger partial charge in [-0.2, -0.15) is 13.2 Å². The van der Waals surface area contributed by atoms with Crippen molar-refractivity contribution in [1.82, 2.24) is 24.8 Å². The van der Waals surface area contributed by atoms with E-state index >= 15 is 0 Å². The predicted octanol–water partition coefficient (Wildman–Crippen LogP) is 3.76. The van der Waals surface area contributed by atoms with E-state index in [1.165, 1.54) is 4.90 Å². The highest BCUT2D eigenvalue weighted by atomic mass is 32.2. The summed E-state index contributed by atoms with van der Waals surface area (Å²) >= 11 is 0.703. The van der Waals surface area contributed by atoms with Crippen LogP contribution in [0.4, 0.5) is 30.6 Å². The van der Waals surface area contributed by atoms with Crippen LogP contribution in [0.15, 0.2) is 29.4 Å². The number of likely N-dealkylation sites (N-methyl/N-ethyl adjacent to an activating group) is 1. The lowest BCUT2D eigenvalue weighted by Gasteiger charge is -2.36. The molecule has 45 heavy (non-hydrogen) atoms. The molecule has 1 aliphatic carbocycles. The maximum Gasteiger partial charge on any atom is 0.420 e. The maximum atomic E-state index is 14.2. The number of nitrogens with one attached hydrogen (secondary N) is 1. The van der Waals surface area contributed by atoms with Gasteiger partial charge >= 0.3 is 6.18 Å². The van der Waals surface area contributed by atoms with Crippen molar-refractivity contribution < 1.29 is 31.1 Å². The molecule has 238 valence electrons. The zero-order valence-electron chi connectivity index (χ0n) is 24.2. The Kier molecular flexibility index (Phi) is 6.68. The summed E-state index contributed by atoms with van der Waals surface area (Å²) in [4.78, 5) is 32.1. The van der Waals surface area contributed by atoms with E-state index in [-0.39, 0.29) is 52.2 Å². The minimum atomic E-state index is -4.82. The van der Waals surface area contributed by atoms with Gasteiger partial charge in [0.15, 0.2) is 9.84 Å². The number of aromatic nitrogens is 3. The number of hydrogen-bond acceptors (Lipinski definition) is 11. The van der Waals surface area contributed by atoms with Crippen molar-refractivity contribution in [3.8, 4) is 10.6 Å². The first-order chi connectivity index (χ1) is 21.5. The number of hydrogen-bond donors (Lipinski definition) is 1. The Labute approximate surface area is 261 Å². The summed E-state index contributed by atoms with van der Waals surface area (Å²) in [5, 5.41) is 3.09. The van der Waals surface area contributed by atoms with Crippen LogP contribution in [0.5, 0.6) is 0 Å². The number of anilines is 3. The van der Waals surface area contributed by atoms with E-state index in [2.05, 4.69) is 38.2 Å². The largest absolute Gasteiger partial charge is 0.420 e. The van der Waals surface area contributed by atoms with Crippen molar-refractivity contribution in [3.63, 3.8) is 0 Å². The number of halogens is 3. The summed E-state index contributed by atoms with van der Waals surface area (Å²) in [6, 6.07) is 3.85. The molecule has 5 aliphatic rings. The monoisotopic (exact) mass is 661 g/mol. The predicted molar refractivity (Wildman–Crippen MR) is 160 cm³/mol. The fourth-order valence-corrected chi connectivity index (χ4v) is 9.66. The third kappa shape index (κ3) is 5.05. The minimum absolute atomic E-state index is 0.00645. The van der Waals surface area contributed by atoms with Crippen molar-refractivity contribution in [3.05, 3.63) is 40.5 Å². The average molecular weight is 662 g/mol. The number of carbonyl (C=O) groups is 1. The second-order valence-electron chi connectivity index (χ2n) is 12.4. The topological polar surface area (TPSA) is 121 Å². The van der Waals surface area contributed by atoms with Gasteiger partial charge < -0.3 is 19.9 Å². The lowest BCUT2D eigenvalue weighted by atomic mass is 10.1. The average Bonchev–Trinajstić information content (AvgIpc) is 3.43. The number of nitrogens with zero attached hydrogens (tertiary/aromatic N) is 6.